The van der Waals surface area contributed by atoms with E-state index in [1.807, 2.05) is 0 Å². The highest BCUT2D eigenvalue weighted by Crippen LogP contribution is 2.60. The zero-order valence-electron chi connectivity index (χ0n) is 33.7. The quantitative estimate of drug-likeness (QED) is 0.163. The van der Waals surface area contributed by atoms with Gasteiger partial charge in [-0.3, -0.25) is 0 Å². The van der Waals surface area contributed by atoms with Gasteiger partial charge in [-0.05, 0) is 134 Å². The highest BCUT2D eigenvalue weighted by Gasteiger charge is 2.51. The number of hydrogen-bond donors (Lipinski definition) is 1. The minimum absolute atomic E-state index is 0.0197. The van der Waals surface area contributed by atoms with E-state index in [2.05, 4.69) is 113 Å². The molecule has 0 heterocycles. The second-order valence-corrected chi connectivity index (χ2v) is 29.5. The van der Waals surface area contributed by atoms with Crippen molar-refractivity contribution in [1.82, 2.24) is 0 Å². The molecule has 0 aliphatic heterocycles. The average molecular weight is 697 g/mol. The molecule has 1 N–H and O–H groups in total. The first-order chi connectivity index (χ1) is 22.1. The Morgan fingerprint density at radius 3 is 2.15 bits per heavy atom. The molecule has 4 aliphatic carbocycles. The normalized spacial score (nSPS) is 33.0. The molecule has 0 aromatic heterocycles. The Kier molecular flexibility index (Phi) is 12.3. The van der Waals surface area contributed by atoms with E-state index in [4.69, 9.17) is 15.4 Å². The van der Waals surface area contributed by atoms with Gasteiger partial charge in [0.15, 0.2) is 16.6 Å². The molecular formula is C43H76O3Si2. The summed E-state index contributed by atoms with van der Waals surface area (Å²) in [5.41, 5.74) is 4.66. The number of hydrogen-bond acceptors (Lipinski definition) is 3. The van der Waals surface area contributed by atoms with E-state index >= 15 is 0 Å². The third kappa shape index (κ3) is 8.65. The standard InChI is InChI=1S/C43H76O3Si2/c1-15-16-26-43(27-28-43)39(44)24-19-31(2)36-22-23-37-33(18-17-25-42(36,37)10)20-21-34-29-35(45-47(11,12)40(4,5)6)30-38(32(34)3)46-48(13,14)41(7,8)9/h19-21,24,31,35-39,44H,3,15-18,22-23,25-30H2,1-2,4-14H3/b24-19+,33-20+,34-21-/t31-,35-,36-,37+,38+,39+,42-/m1/s1. The lowest BCUT2D eigenvalue weighted by molar-refractivity contribution is 0.0969. The minimum Gasteiger partial charge on any atom is -0.413 e. The lowest BCUT2D eigenvalue weighted by Crippen LogP contribution is -2.49. The SMILES string of the molecule is C=C1/C(=C\C=C2/CCC[C@]3(C)[C@@H]([C@H](C)/C=C/[C@H](O)C4(CCCC)CC4)CC[C@@H]23)C[C@@H](O[Si](C)(C)C(C)(C)C)C[C@@H]1O[Si](C)(C)C(C)(C)C. The Hall–Kier alpha value is -0.726. The van der Waals surface area contributed by atoms with Gasteiger partial charge in [0.1, 0.15) is 0 Å². The van der Waals surface area contributed by atoms with E-state index in [0.717, 1.165) is 12.8 Å². The molecule has 48 heavy (non-hydrogen) atoms. The fraction of sp³-hybridized carbons (Fsp3) is 0.814. The number of allylic oxidation sites excluding steroid dienone is 4. The molecule has 0 amide bonds. The smallest absolute Gasteiger partial charge is 0.192 e. The molecule has 0 spiro atoms. The molecule has 3 nitrogen and oxygen atoms in total. The van der Waals surface area contributed by atoms with Crippen LogP contribution >= 0.6 is 0 Å². The third-order valence-corrected chi connectivity index (χ3v) is 23.6. The molecule has 0 radical (unpaired) electrons. The summed E-state index contributed by atoms with van der Waals surface area (Å²) in [5.74, 6) is 1.81. The van der Waals surface area contributed by atoms with Crippen LogP contribution in [-0.2, 0) is 8.85 Å². The number of unbranched alkanes of at least 4 members (excludes halogenated alkanes) is 1. The first-order valence-corrected chi connectivity index (χ1v) is 25.7. The number of aliphatic hydroxyl groups excluding tert-OH is 1. The Bertz CT molecular complexity index is 1220. The second-order valence-electron chi connectivity index (χ2n) is 20.0. The van der Waals surface area contributed by atoms with Gasteiger partial charge in [-0.15, -0.1) is 0 Å². The molecule has 4 rings (SSSR count). The van der Waals surface area contributed by atoms with Gasteiger partial charge in [-0.2, -0.15) is 0 Å². The first-order valence-electron chi connectivity index (χ1n) is 19.9. The summed E-state index contributed by atoms with van der Waals surface area (Å²) in [6.07, 6.45) is 23.7. The van der Waals surface area contributed by atoms with E-state index in [9.17, 15) is 5.11 Å². The number of fused-ring (bicyclic) bond motifs is 1. The Morgan fingerprint density at radius 2 is 1.56 bits per heavy atom. The highest BCUT2D eigenvalue weighted by molar-refractivity contribution is 6.74. The van der Waals surface area contributed by atoms with Crippen molar-refractivity contribution in [3.63, 3.8) is 0 Å². The van der Waals surface area contributed by atoms with E-state index in [-0.39, 0.29) is 33.8 Å². The van der Waals surface area contributed by atoms with E-state index in [1.165, 1.54) is 75.4 Å². The van der Waals surface area contributed by atoms with Crippen molar-refractivity contribution in [2.75, 3.05) is 0 Å². The summed E-state index contributed by atoms with van der Waals surface area (Å²) in [7, 11) is -3.92. The topological polar surface area (TPSA) is 38.7 Å². The fourth-order valence-corrected chi connectivity index (χ4v) is 11.6. The van der Waals surface area contributed by atoms with Gasteiger partial charge in [-0.25, -0.2) is 0 Å². The minimum atomic E-state index is -1.99. The van der Waals surface area contributed by atoms with Crippen LogP contribution in [0, 0.1) is 28.6 Å². The van der Waals surface area contributed by atoms with Crippen LogP contribution in [0.1, 0.15) is 139 Å². The fourth-order valence-electron chi connectivity index (χ4n) is 8.91. The van der Waals surface area contributed by atoms with Gasteiger partial charge >= 0.3 is 0 Å². The summed E-state index contributed by atoms with van der Waals surface area (Å²) in [5, 5.41) is 11.5. The van der Waals surface area contributed by atoms with Crippen molar-refractivity contribution < 1.29 is 14.0 Å². The molecule has 5 heteroatoms. The predicted molar refractivity (Wildman–Crippen MR) is 212 cm³/mol. The molecule has 7 atom stereocenters. The van der Waals surface area contributed by atoms with Crippen LogP contribution in [0.2, 0.25) is 36.3 Å². The molecule has 4 aliphatic rings. The molecular weight excluding hydrogens is 621 g/mol. The van der Waals surface area contributed by atoms with Crippen LogP contribution in [0.4, 0.5) is 0 Å². The zero-order valence-corrected chi connectivity index (χ0v) is 35.7. The van der Waals surface area contributed by atoms with Crippen LogP contribution in [0.25, 0.3) is 0 Å². The molecule has 0 aromatic rings. The molecule has 0 saturated heterocycles. The van der Waals surface area contributed by atoms with E-state index in [1.54, 1.807) is 5.57 Å². The maximum absolute atomic E-state index is 11.1. The summed E-state index contributed by atoms with van der Waals surface area (Å²) < 4.78 is 14.2. The third-order valence-electron chi connectivity index (χ3n) is 14.6. The average Bonchev–Trinajstić information content (AvgIpc) is 3.68. The van der Waals surface area contributed by atoms with Crippen molar-refractivity contribution in [2.24, 2.45) is 28.6 Å². The second kappa shape index (κ2) is 14.7. The van der Waals surface area contributed by atoms with Gasteiger partial charge < -0.3 is 14.0 Å². The van der Waals surface area contributed by atoms with Crippen molar-refractivity contribution >= 4 is 16.6 Å². The van der Waals surface area contributed by atoms with Gasteiger partial charge in [0.05, 0.1) is 18.3 Å². The van der Waals surface area contributed by atoms with Crippen molar-refractivity contribution in [3.8, 4) is 0 Å². The van der Waals surface area contributed by atoms with E-state index < -0.39 is 16.6 Å². The highest BCUT2D eigenvalue weighted by atomic mass is 28.4. The monoisotopic (exact) mass is 697 g/mol. The summed E-state index contributed by atoms with van der Waals surface area (Å²) in [6.45, 7) is 35.5. The maximum Gasteiger partial charge on any atom is 0.192 e. The first kappa shape index (κ1) is 40.1. The molecule has 0 bridgehead atoms. The number of aliphatic hydroxyl groups is 1. The molecule has 0 unspecified atom stereocenters. The molecule has 0 aromatic carbocycles. The number of rotatable bonds is 12. The Morgan fingerprint density at radius 1 is 0.938 bits per heavy atom. The van der Waals surface area contributed by atoms with Crippen LogP contribution in [-0.4, -0.2) is 40.1 Å². The maximum atomic E-state index is 11.1. The van der Waals surface area contributed by atoms with Gasteiger partial charge in [-0.1, -0.05) is 112 Å². The molecule has 4 saturated carbocycles. The van der Waals surface area contributed by atoms with Gasteiger partial charge in [0.25, 0.3) is 0 Å². The summed E-state index contributed by atoms with van der Waals surface area (Å²) in [4.78, 5) is 0. The lowest BCUT2D eigenvalue weighted by Gasteiger charge is -2.45. The lowest BCUT2D eigenvalue weighted by atomic mass is 9.61. The largest absolute Gasteiger partial charge is 0.413 e. The Balaban J connectivity index is 1.54. The predicted octanol–water partition coefficient (Wildman–Crippen LogP) is 12.7. The molecule has 4 fully saturated rings. The van der Waals surface area contributed by atoms with Crippen LogP contribution in [0.15, 0.2) is 47.6 Å². The van der Waals surface area contributed by atoms with Crippen LogP contribution < -0.4 is 0 Å². The summed E-state index contributed by atoms with van der Waals surface area (Å²) in [6, 6.07) is 0. The zero-order chi connectivity index (χ0) is 35.9. The Labute approximate surface area is 299 Å². The van der Waals surface area contributed by atoms with Crippen LogP contribution in [0.5, 0.6) is 0 Å². The van der Waals surface area contributed by atoms with Gasteiger partial charge in [0.2, 0.25) is 0 Å². The van der Waals surface area contributed by atoms with Crippen molar-refractivity contribution in [1.29, 1.82) is 0 Å². The van der Waals surface area contributed by atoms with Crippen molar-refractivity contribution in [3.05, 3.63) is 47.6 Å². The van der Waals surface area contributed by atoms with Crippen molar-refractivity contribution in [2.45, 2.75) is 194 Å². The van der Waals surface area contributed by atoms with Crippen LogP contribution in [0.3, 0.4) is 0 Å². The summed E-state index contributed by atoms with van der Waals surface area (Å²) >= 11 is 0. The van der Waals surface area contributed by atoms with E-state index in [0.29, 0.717) is 23.2 Å². The van der Waals surface area contributed by atoms with Gasteiger partial charge in [0, 0.05) is 6.42 Å². The molecule has 274 valence electrons.